The van der Waals surface area contributed by atoms with Gasteiger partial charge in [0.2, 0.25) is 5.91 Å². The number of carbonyl (C=O) groups is 1. The van der Waals surface area contributed by atoms with Crippen LogP contribution < -0.4 is 5.73 Å². The molecule has 1 aliphatic heterocycles. The fourth-order valence-electron chi connectivity index (χ4n) is 2.80. The van der Waals surface area contributed by atoms with Crippen LogP contribution in [0.2, 0.25) is 8.67 Å². The molecule has 3 nitrogen and oxygen atoms in total. The van der Waals surface area contributed by atoms with Gasteiger partial charge in [-0.15, -0.1) is 11.3 Å². The first-order valence-electron chi connectivity index (χ1n) is 7.44. The molecule has 6 heteroatoms. The van der Waals surface area contributed by atoms with Gasteiger partial charge in [0, 0.05) is 25.6 Å². The molecule has 2 N–H and O–H groups in total. The Labute approximate surface area is 140 Å². The number of piperidine rings is 1. The highest BCUT2D eigenvalue weighted by molar-refractivity contribution is 7.20. The van der Waals surface area contributed by atoms with E-state index in [-0.39, 0.29) is 11.9 Å². The van der Waals surface area contributed by atoms with Crippen LogP contribution in [-0.2, 0) is 11.2 Å². The molecule has 2 rings (SSSR count). The predicted octanol–water partition coefficient (Wildman–Crippen LogP) is 3.96. The quantitative estimate of drug-likeness (QED) is 0.874. The molecule has 0 spiro atoms. The zero-order valence-electron chi connectivity index (χ0n) is 12.3. The molecule has 1 aliphatic rings. The molecule has 0 saturated carbocycles. The molecule has 2 atom stereocenters. The smallest absolute Gasteiger partial charge is 0.222 e. The van der Waals surface area contributed by atoms with Gasteiger partial charge >= 0.3 is 0 Å². The van der Waals surface area contributed by atoms with Crippen LogP contribution in [0.4, 0.5) is 0 Å². The predicted molar refractivity (Wildman–Crippen MR) is 90.2 cm³/mol. The van der Waals surface area contributed by atoms with Crippen LogP contribution >= 0.6 is 34.5 Å². The van der Waals surface area contributed by atoms with Crippen molar-refractivity contribution in [3.8, 4) is 0 Å². The van der Waals surface area contributed by atoms with E-state index in [1.54, 1.807) is 0 Å². The lowest BCUT2D eigenvalue weighted by molar-refractivity contribution is -0.133. The summed E-state index contributed by atoms with van der Waals surface area (Å²) in [6.45, 7) is 3.70. The molecule has 0 aromatic carbocycles. The first-order chi connectivity index (χ1) is 9.97. The standard InChI is InChI=1S/C15H22Cl2N2OS/c1-10(18)12-5-3-7-19(9-12)14(20)6-2-4-11-8-13(16)21-15(11)17/h8,10,12H,2-7,9,18H2,1H3/t10-,12-/m1/s1. The lowest BCUT2D eigenvalue weighted by atomic mass is 9.92. The number of hydrogen-bond acceptors (Lipinski definition) is 3. The van der Waals surface area contributed by atoms with E-state index in [4.69, 9.17) is 28.9 Å². The third kappa shape index (κ3) is 4.85. The van der Waals surface area contributed by atoms with E-state index in [0.29, 0.717) is 16.7 Å². The second-order valence-electron chi connectivity index (χ2n) is 5.80. The van der Waals surface area contributed by atoms with Gasteiger partial charge in [-0.05, 0) is 50.2 Å². The van der Waals surface area contributed by atoms with Crippen LogP contribution in [0, 0.1) is 5.92 Å². The molecule has 0 radical (unpaired) electrons. The minimum absolute atomic E-state index is 0.160. The molecule has 1 aromatic rings. The highest BCUT2D eigenvalue weighted by Crippen LogP contribution is 2.32. The van der Waals surface area contributed by atoms with Crippen molar-refractivity contribution in [3.05, 3.63) is 20.3 Å². The fraction of sp³-hybridized carbons (Fsp3) is 0.667. The van der Waals surface area contributed by atoms with E-state index < -0.39 is 0 Å². The van der Waals surface area contributed by atoms with Gasteiger partial charge in [0.25, 0.3) is 0 Å². The lowest BCUT2D eigenvalue weighted by Crippen LogP contribution is -2.45. The number of carbonyl (C=O) groups excluding carboxylic acids is 1. The number of aryl methyl sites for hydroxylation is 1. The summed E-state index contributed by atoms with van der Waals surface area (Å²) < 4.78 is 1.44. The van der Waals surface area contributed by atoms with E-state index >= 15 is 0 Å². The number of nitrogens with zero attached hydrogens (tertiary/aromatic N) is 1. The molecule has 1 aromatic heterocycles. The van der Waals surface area contributed by atoms with E-state index in [1.807, 2.05) is 17.9 Å². The van der Waals surface area contributed by atoms with Gasteiger partial charge in [-0.1, -0.05) is 23.2 Å². The average molecular weight is 349 g/mol. The minimum Gasteiger partial charge on any atom is -0.342 e. The monoisotopic (exact) mass is 348 g/mol. The summed E-state index contributed by atoms with van der Waals surface area (Å²) >= 11 is 13.4. The summed E-state index contributed by atoms with van der Waals surface area (Å²) in [4.78, 5) is 14.2. The molecule has 118 valence electrons. The van der Waals surface area contributed by atoms with Crippen molar-refractivity contribution in [1.29, 1.82) is 0 Å². The number of rotatable bonds is 5. The van der Waals surface area contributed by atoms with E-state index in [1.165, 1.54) is 11.3 Å². The average Bonchev–Trinajstić information content (AvgIpc) is 2.77. The molecule has 21 heavy (non-hydrogen) atoms. The Morgan fingerprint density at radius 3 is 2.95 bits per heavy atom. The summed E-state index contributed by atoms with van der Waals surface area (Å²) in [6, 6.07) is 2.05. The van der Waals surface area contributed by atoms with Crippen LogP contribution in [0.15, 0.2) is 6.07 Å². The molecule has 0 unspecified atom stereocenters. The first-order valence-corrected chi connectivity index (χ1v) is 9.01. The Morgan fingerprint density at radius 2 is 2.33 bits per heavy atom. The van der Waals surface area contributed by atoms with Gasteiger partial charge < -0.3 is 10.6 Å². The molecule has 1 amide bonds. The van der Waals surface area contributed by atoms with E-state index in [0.717, 1.165) is 48.7 Å². The molecular weight excluding hydrogens is 327 g/mol. The zero-order valence-corrected chi connectivity index (χ0v) is 14.6. The number of likely N-dealkylation sites (tertiary alicyclic amines) is 1. The minimum atomic E-state index is 0.160. The van der Waals surface area contributed by atoms with Crippen LogP contribution in [-0.4, -0.2) is 29.9 Å². The maximum atomic E-state index is 12.3. The second kappa shape index (κ2) is 7.82. The number of nitrogens with two attached hydrogens (primary N) is 1. The van der Waals surface area contributed by atoms with Crippen LogP contribution in [0.3, 0.4) is 0 Å². The van der Waals surface area contributed by atoms with Crippen LogP contribution in [0.1, 0.15) is 38.2 Å². The fourth-order valence-corrected chi connectivity index (χ4v) is 4.34. The van der Waals surface area contributed by atoms with Crippen LogP contribution in [0.5, 0.6) is 0 Å². The van der Waals surface area contributed by atoms with Crippen molar-refractivity contribution in [3.63, 3.8) is 0 Å². The second-order valence-corrected chi connectivity index (χ2v) is 8.09. The number of amides is 1. The molecular formula is C15H22Cl2N2OS. The van der Waals surface area contributed by atoms with Crippen molar-refractivity contribution in [2.45, 2.75) is 45.1 Å². The molecule has 1 saturated heterocycles. The van der Waals surface area contributed by atoms with Crippen molar-refractivity contribution < 1.29 is 4.79 Å². The maximum absolute atomic E-state index is 12.3. The maximum Gasteiger partial charge on any atom is 0.222 e. The van der Waals surface area contributed by atoms with Gasteiger partial charge in [-0.3, -0.25) is 4.79 Å². The summed E-state index contributed by atoms with van der Waals surface area (Å²) in [5.74, 6) is 0.672. The largest absolute Gasteiger partial charge is 0.342 e. The third-order valence-electron chi connectivity index (χ3n) is 4.12. The summed E-state index contributed by atoms with van der Waals surface area (Å²) in [5, 5.41) is 0. The highest BCUT2D eigenvalue weighted by Gasteiger charge is 2.25. The Hall–Kier alpha value is -0.290. The number of halogens is 2. The van der Waals surface area contributed by atoms with Gasteiger partial charge in [0.1, 0.15) is 0 Å². The normalized spacial score (nSPS) is 20.6. The summed E-state index contributed by atoms with van der Waals surface area (Å²) in [5.41, 5.74) is 7.01. The Kier molecular flexibility index (Phi) is 6.35. The van der Waals surface area contributed by atoms with Gasteiger partial charge in [-0.25, -0.2) is 0 Å². The Bertz CT molecular complexity index is 490. The number of thiophene rings is 1. The van der Waals surface area contributed by atoms with Crippen molar-refractivity contribution >= 4 is 40.4 Å². The third-order valence-corrected chi connectivity index (χ3v) is 5.69. The Balaban J connectivity index is 1.78. The highest BCUT2D eigenvalue weighted by atomic mass is 35.5. The topological polar surface area (TPSA) is 46.3 Å². The van der Waals surface area contributed by atoms with Gasteiger partial charge in [0.15, 0.2) is 0 Å². The van der Waals surface area contributed by atoms with Gasteiger partial charge in [0.05, 0.1) is 8.67 Å². The van der Waals surface area contributed by atoms with E-state index in [9.17, 15) is 4.79 Å². The van der Waals surface area contributed by atoms with Crippen molar-refractivity contribution in [1.82, 2.24) is 4.90 Å². The molecule has 1 fully saturated rings. The lowest BCUT2D eigenvalue weighted by Gasteiger charge is -2.34. The molecule has 0 aliphatic carbocycles. The van der Waals surface area contributed by atoms with Crippen LogP contribution in [0.25, 0.3) is 0 Å². The Morgan fingerprint density at radius 1 is 1.57 bits per heavy atom. The van der Waals surface area contributed by atoms with Crippen molar-refractivity contribution in [2.24, 2.45) is 11.7 Å². The summed E-state index contributed by atoms with van der Waals surface area (Å²) in [7, 11) is 0. The number of hydrogen-bond donors (Lipinski definition) is 1. The molecule has 0 bridgehead atoms. The van der Waals surface area contributed by atoms with Gasteiger partial charge in [-0.2, -0.15) is 0 Å². The SMILES string of the molecule is C[C@@H](N)[C@@H]1CCCN(C(=O)CCCc2cc(Cl)sc2Cl)C1. The first kappa shape index (κ1) is 17.1. The summed E-state index contributed by atoms with van der Waals surface area (Å²) in [6.07, 6.45) is 4.37. The molecule has 2 heterocycles. The van der Waals surface area contributed by atoms with Crippen molar-refractivity contribution in [2.75, 3.05) is 13.1 Å². The van der Waals surface area contributed by atoms with E-state index in [2.05, 4.69) is 0 Å². The zero-order chi connectivity index (χ0) is 15.4.